The van der Waals surface area contributed by atoms with Crippen molar-refractivity contribution in [1.29, 1.82) is 0 Å². The Labute approximate surface area is 191 Å². The first-order valence-electron chi connectivity index (χ1n) is 9.02. The molecule has 1 heterocycles. The number of hydrogen-bond donors (Lipinski definition) is 2. The van der Waals surface area contributed by atoms with Gasteiger partial charge in [-0.25, -0.2) is 0 Å². The predicted molar refractivity (Wildman–Crippen MR) is 120 cm³/mol. The van der Waals surface area contributed by atoms with Crippen molar-refractivity contribution in [2.24, 2.45) is 0 Å². The summed E-state index contributed by atoms with van der Waals surface area (Å²) in [5.41, 5.74) is 2.99. The number of carbonyl (C=O) groups excluding carboxylic acids is 2. The maximum absolute atomic E-state index is 12.7. The van der Waals surface area contributed by atoms with Crippen LogP contribution in [0.25, 0.3) is 6.08 Å². The van der Waals surface area contributed by atoms with Gasteiger partial charge in [0.1, 0.15) is 5.75 Å². The number of nitro benzene ring substituents is 1. The Balaban J connectivity index is 1.69. The summed E-state index contributed by atoms with van der Waals surface area (Å²) < 4.78 is 5.49. The van der Waals surface area contributed by atoms with Gasteiger partial charge in [-0.05, 0) is 48.1 Å². The minimum atomic E-state index is -0.972. The second kappa shape index (κ2) is 10.0. The fourth-order valence-corrected chi connectivity index (χ4v) is 3.75. The molecule has 0 saturated carbocycles. The standard InChI is InChI=1S/C20H15N3O7S2/c24-17(25)8-9-30-15-3-1-2-12(10-15)11-16-19(27)22(20(31)32-16)21-18(26)13-4-6-14(7-5-13)23(28)29/h1-7,10-11H,8-9H2,(H,21,26)(H,24,25)/b16-11+. The lowest BCUT2D eigenvalue weighted by atomic mass is 10.2. The molecular formula is C20H15N3O7S2. The van der Waals surface area contributed by atoms with Crippen LogP contribution in [-0.4, -0.2) is 43.7 Å². The van der Waals surface area contributed by atoms with Crippen LogP contribution < -0.4 is 10.2 Å². The molecule has 2 aromatic carbocycles. The molecule has 2 aromatic rings. The summed E-state index contributed by atoms with van der Waals surface area (Å²) in [6, 6.07) is 11.6. The van der Waals surface area contributed by atoms with Crippen LogP contribution in [0, 0.1) is 10.1 Å². The van der Waals surface area contributed by atoms with Crippen molar-refractivity contribution in [2.75, 3.05) is 6.61 Å². The third-order valence-corrected chi connectivity index (χ3v) is 5.39. The number of ether oxygens (including phenoxy) is 1. The number of aliphatic carboxylic acids is 1. The topological polar surface area (TPSA) is 139 Å². The van der Waals surface area contributed by atoms with Gasteiger partial charge >= 0.3 is 5.97 Å². The number of hydrogen-bond acceptors (Lipinski definition) is 8. The van der Waals surface area contributed by atoms with Crippen LogP contribution in [-0.2, 0) is 9.59 Å². The lowest BCUT2D eigenvalue weighted by molar-refractivity contribution is -0.384. The largest absolute Gasteiger partial charge is 0.493 e. The average Bonchev–Trinajstić information content (AvgIpc) is 3.01. The van der Waals surface area contributed by atoms with Gasteiger partial charge in [-0.15, -0.1) is 0 Å². The van der Waals surface area contributed by atoms with Gasteiger partial charge in [-0.3, -0.25) is 29.9 Å². The molecule has 0 aliphatic carbocycles. The first-order valence-corrected chi connectivity index (χ1v) is 10.2. The number of hydrazine groups is 1. The summed E-state index contributed by atoms with van der Waals surface area (Å²) in [5.74, 6) is -1.71. The molecule has 1 fully saturated rings. The van der Waals surface area contributed by atoms with E-state index in [1.165, 1.54) is 24.3 Å². The van der Waals surface area contributed by atoms with E-state index < -0.39 is 22.7 Å². The normalized spacial score (nSPS) is 14.5. The molecule has 0 radical (unpaired) electrons. The SMILES string of the molecule is O=C(O)CCOc1cccc(/C=C2/SC(=S)N(NC(=O)c3ccc([N+](=O)[O-])cc3)C2=O)c1. The number of nitrogens with one attached hydrogen (secondary N) is 1. The van der Waals surface area contributed by atoms with E-state index in [0.717, 1.165) is 16.8 Å². The molecular weight excluding hydrogens is 458 g/mol. The third kappa shape index (κ3) is 5.68. The summed E-state index contributed by atoms with van der Waals surface area (Å²) in [4.78, 5) is 46.1. The van der Waals surface area contributed by atoms with E-state index in [2.05, 4.69) is 5.43 Å². The zero-order valence-corrected chi connectivity index (χ0v) is 17.9. The van der Waals surface area contributed by atoms with Crippen LogP contribution >= 0.6 is 24.0 Å². The number of carbonyl (C=O) groups is 3. The van der Waals surface area contributed by atoms with Crippen LogP contribution in [0.4, 0.5) is 5.69 Å². The van der Waals surface area contributed by atoms with Crippen molar-refractivity contribution in [3.63, 3.8) is 0 Å². The molecule has 0 spiro atoms. The molecule has 12 heteroatoms. The van der Waals surface area contributed by atoms with E-state index in [-0.39, 0.29) is 33.5 Å². The van der Waals surface area contributed by atoms with Gasteiger partial charge < -0.3 is 9.84 Å². The number of benzene rings is 2. The number of carboxylic acid groups (broad SMARTS) is 1. The Hall–Kier alpha value is -3.77. The van der Waals surface area contributed by atoms with Crippen molar-refractivity contribution in [3.8, 4) is 5.75 Å². The molecule has 1 aliphatic rings. The lowest BCUT2D eigenvalue weighted by Gasteiger charge is -2.15. The molecule has 1 saturated heterocycles. The van der Waals surface area contributed by atoms with Crippen molar-refractivity contribution >= 4 is 57.8 Å². The second-order valence-electron chi connectivity index (χ2n) is 6.33. The van der Waals surface area contributed by atoms with Gasteiger partial charge in [0.25, 0.3) is 17.5 Å². The van der Waals surface area contributed by atoms with E-state index in [0.29, 0.717) is 11.3 Å². The summed E-state index contributed by atoms with van der Waals surface area (Å²) in [5, 5.41) is 20.3. The number of thioether (sulfide) groups is 1. The first-order chi connectivity index (χ1) is 15.2. The van der Waals surface area contributed by atoms with Crippen molar-refractivity contribution in [2.45, 2.75) is 6.42 Å². The third-order valence-electron chi connectivity index (χ3n) is 4.09. The van der Waals surface area contributed by atoms with E-state index in [1.54, 1.807) is 30.3 Å². The highest BCUT2D eigenvalue weighted by Gasteiger charge is 2.33. The molecule has 0 unspecified atom stereocenters. The van der Waals surface area contributed by atoms with Crippen LogP contribution in [0.1, 0.15) is 22.3 Å². The quantitative estimate of drug-likeness (QED) is 0.256. The number of carboxylic acids is 1. The van der Waals surface area contributed by atoms with Crippen molar-refractivity contribution < 1.29 is 29.2 Å². The predicted octanol–water partition coefficient (Wildman–Crippen LogP) is 2.99. The second-order valence-corrected chi connectivity index (χ2v) is 8.00. The maximum Gasteiger partial charge on any atom is 0.306 e. The highest BCUT2D eigenvalue weighted by Crippen LogP contribution is 2.32. The van der Waals surface area contributed by atoms with Gasteiger partial charge in [0.2, 0.25) is 0 Å². The number of nitrogens with zero attached hydrogens (tertiary/aromatic N) is 2. The Kier molecular flexibility index (Phi) is 7.18. The highest BCUT2D eigenvalue weighted by atomic mass is 32.2. The van der Waals surface area contributed by atoms with Gasteiger partial charge in [-0.1, -0.05) is 23.9 Å². The molecule has 0 aromatic heterocycles. The Morgan fingerprint density at radius 2 is 1.97 bits per heavy atom. The summed E-state index contributed by atoms with van der Waals surface area (Å²) >= 11 is 6.18. The zero-order valence-electron chi connectivity index (χ0n) is 16.2. The first kappa shape index (κ1) is 22.9. The molecule has 32 heavy (non-hydrogen) atoms. The fourth-order valence-electron chi connectivity index (χ4n) is 2.57. The molecule has 0 atom stereocenters. The fraction of sp³-hybridized carbons (Fsp3) is 0.100. The van der Waals surface area contributed by atoms with Gasteiger partial charge in [0, 0.05) is 17.7 Å². The van der Waals surface area contributed by atoms with Crippen molar-refractivity contribution in [3.05, 3.63) is 74.7 Å². The number of non-ortho nitro benzene ring substituents is 1. The molecule has 3 rings (SSSR count). The minimum absolute atomic E-state index is 0.00950. The maximum atomic E-state index is 12.7. The van der Waals surface area contributed by atoms with Gasteiger partial charge in [0.05, 0.1) is 22.9 Å². The monoisotopic (exact) mass is 473 g/mol. The molecule has 10 nitrogen and oxygen atoms in total. The van der Waals surface area contributed by atoms with Crippen LogP contribution in [0.2, 0.25) is 0 Å². The Bertz CT molecular complexity index is 1130. The molecule has 164 valence electrons. The van der Waals surface area contributed by atoms with E-state index in [4.69, 9.17) is 22.1 Å². The van der Waals surface area contributed by atoms with E-state index >= 15 is 0 Å². The Morgan fingerprint density at radius 3 is 2.62 bits per heavy atom. The van der Waals surface area contributed by atoms with Gasteiger partial charge in [-0.2, -0.15) is 5.01 Å². The zero-order chi connectivity index (χ0) is 23.3. The lowest BCUT2D eigenvalue weighted by Crippen LogP contribution is -2.44. The summed E-state index contributed by atoms with van der Waals surface area (Å²) in [6.45, 7) is 0.00950. The number of thiocarbonyl (C=S) groups is 1. The molecule has 2 N–H and O–H groups in total. The number of amides is 2. The van der Waals surface area contributed by atoms with E-state index in [1.807, 2.05) is 0 Å². The molecule has 2 amide bonds. The summed E-state index contributed by atoms with van der Waals surface area (Å²) in [7, 11) is 0. The van der Waals surface area contributed by atoms with Crippen LogP contribution in [0.3, 0.4) is 0 Å². The highest BCUT2D eigenvalue weighted by molar-refractivity contribution is 8.26. The molecule has 0 bridgehead atoms. The smallest absolute Gasteiger partial charge is 0.306 e. The van der Waals surface area contributed by atoms with Crippen LogP contribution in [0.5, 0.6) is 5.75 Å². The molecule has 1 aliphatic heterocycles. The minimum Gasteiger partial charge on any atom is -0.493 e. The number of rotatable bonds is 8. The van der Waals surface area contributed by atoms with E-state index in [9.17, 15) is 24.5 Å². The Morgan fingerprint density at radius 1 is 1.25 bits per heavy atom. The van der Waals surface area contributed by atoms with Crippen LogP contribution in [0.15, 0.2) is 53.4 Å². The van der Waals surface area contributed by atoms with Crippen molar-refractivity contribution in [1.82, 2.24) is 10.4 Å². The average molecular weight is 473 g/mol. The summed E-state index contributed by atoms with van der Waals surface area (Å²) in [6.07, 6.45) is 1.43. The number of nitro groups is 1. The van der Waals surface area contributed by atoms with Gasteiger partial charge in [0.15, 0.2) is 4.32 Å².